The summed E-state index contributed by atoms with van der Waals surface area (Å²) in [7, 11) is 2.12. The van der Waals surface area contributed by atoms with Gasteiger partial charge in [0, 0.05) is 29.7 Å². The van der Waals surface area contributed by atoms with E-state index >= 15 is 0 Å². The van der Waals surface area contributed by atoms with Crippen molar-refractivity contribution < 1.29 is 9.13 Å². The van der Waals surface area contributed by atoms with Crippen LogP contribution in [0.25, 0.3) is 5.57 Å². The first-order valence-electron chi connectivity index (χ1n) is 9.67. The molecule has 0 unspecified atom stereocenters. The van der Waals surface area contributed by atoms with Gasteiger partial charge in [0.2, 0.25) is 6.23 Å². The second kappa shape index (κ2) is 8.79. The molecular weight excluding hydrogens is 428 g/mol. The van der Waals surface area contributed by atoms with Crippen molar-refractivity contribution >= 4 is 40.8 Å². The summed E-state index contributed by atoms with van der Waals surface area (Å²) >= 11 is 12.3. The molecule has 1 aromatic carbocycles. The van der Waals surface area contributed by atoms with Gasteiger partial charge in [0.15, 0.2) is 11.6 Å². The summed E-state index contributed by atoms with van der Waals surface area (Å²) in [5.74, 6) is 0.453. The van der Waals surface area contributed by atoms with E-state index in [0.717, 1.165) is 37.1 Å². The number of halogens is 3. The van der Waals surface area contributed by atoms with Crippen LogP contribution in [0.1, 0.15) is 30.2 Å². The number of ether oxygens (including phenoxy) is 1. The minimum absolute atomic E-state index is 0.0826. The summed E-state index contributed by atoms with van der Waals surface area (Å²) in [6, 6.07) is 4.77. The Labute approximate surface area is 184 Å². The summed E-state index contributed by atoms with van der Waals surface area (Å²) in [6.45, 7) is 2.08. The van der Waals surface area contributed by atoms with Crippen molar-refractivity contribution in [1.82, 2.24) is 9.88 Å². The van der Waals surface area contributed by atoms with E-state index in [-0.39, 0.29) is 11.1 Å². The highest BCUT2D eigenvalue weighted by Gasteiger charge is 2.30. The number of aromatic nitrogens is 1. The fraction of sp³-hybridized carbons (Fsp3) is 0.333. The zero-order chi connectivity index (χ0) is 21.3. The molecule has 0 aliphatic carbocycles. The predicted molar refractivity (Wildman–Crippen MR) is 119 cm³/mol. The maximum atomic E-state index is 13.9. The lowest BCUT2D eigenvalue weighted by Crippen LogP contribution is -2.32. The fourth-order valence-electron chi connectivity index (χ4n) is 3.54. The molecule has 1 saturated heterocycles. The van der Waals surface area contributed by atoms with E-state index in [9.17, 15) is 4.39 Å². The number of rotatable bonds is 4. The van der Waals surface area contributed by atoms with Gasteiger partial charge in [0.1, 0.15) is 5.82 Å². The van der Waals surface area contributed by atoms with Crippen molar-refractivity contribution in [2.45, 2.75) is 25.1 Å². The molecule has 1 aromatic heterocycles. The monoisotopic (exact) mass is 449 g/mol. The molecule has 6 nitrogen and oxygen atoms in total. The number of nitrogens with zero attached hydrogens (tertiary/aromatic N) is 3. The van der Waals surface area contributed by atoms with Gasteiger partial charge in [0.05, 0.1) is 21.7 Å². The molecule has 4 rings (SSSR count). The van der Waals surface area contributed by atoms with Gasteiger partial charge in [-0.2, -0.15) is 0 Å². The number of piperidine rings is 1. The lowest BCUT2D eigenvalue weighted by atomic mass is 10.1. The molecule has 0 bridgehead atoms. The third-order valence-electron chi connectivity index (χ3n) is 5.33. The van der Waals surface area contributed by atoms with E-state index in [0.29, 0.717) is 22.2 Å². The average Bonchev–Trinajstić information content (AvgIpc) is 3.16. The van der Waals surface area contributed by atoms with Gasteiger partial charge in [-0.1, -0.05) is 23.2 Å². The quantitative estimate of drug-likeness (QED) is 0.530. The van der Waals surface area contributed by atoms with Crippen LogP contribution < -0.4 is 15.8 Å². The van der Waals surface area contributed by atoms with E-state index in [1.165, 1.54) is 18.3 Å². The minimum Gasteiger partial charge on any atom is -0.462 e. The highest BCUT2D eigenvalue weighted by molar-refractivity contribution is 6.36. The topological polar surface area (TPSA) is 75.8 Å². The minimum atomic E-state index is -0.739. The zero-order valence-electron chi connectivity index (χ0n) is 16.4. The van der Waals surface area contributed by atoms with Crippen LogP contribution in [0, 0.1) is 5.82 Å². The largest absolute Gasteiger partial charge is 0.462 e. The van der Waals surface area contributed by atoms with Crippen molar-refractivity contribution in [2.75, 3.05) is 25.5 Å². The number of anilines is 1. The lowest BCUT2D eigenvalue weighted by molar-refractivity contribution is 0.257. The second-order valence-corrected chi connectivity index (χ2v) is 8.19. The van der Waals surface area contributed by atoms with Crippen LogP contribution in [0.4, 0.5) is 10.2 Å². The van der Waals surface area contributed by atoms with Crippen molar-refractivity contribution in [3.63, 3.8) is 0 Å². The molecule has 2 aromatic rings. The third-order valence-corrected chi connectivity index (χ3v) is 6.05. The van der Waals surface area contributed by atoms with Crippen molar-refractivity contribution in [3.05, 3.63) is 57.6 Å². The van der Waals surface area contributed by atoms with Crippen LogP contribution in [-0.2, 0) is 0 Å². The summed E-state index contributed by atoms with van der Waals surface area (Å²) < 4.78 is 19.8. The van der Waals surface area contributed by atoms with Crippen molar-refractivity contribution in [1.29, 1.82) is 0 Å². The first kappa shape index (κ1) is 20.9. The Bertz CT molecular complexity index is 1010. The Morgan fingerprint density at radius 2 is 2.13 bits per heavy atom. The van der Waals surface area contributed by atoms with Crippen molar-refractivity contribution in [3.8, 4) is 5.75 Å². The van der Waals surface area contributed by atoms with Crippen LogP contribution in [0.5, 0.6) is 5.75 Å². The van der Waals surface area contributed by atoms with E-state index in [2.05, 4.69) is 22.2 Å². The molecule has 9 heteroatoms. The van der Waals surface area contributed by atoms with Crippen molar-refractivity contribution in [2.24, 2.45) is 10.7 Å². The fourth-order valence-corrected chi connectivity index (χ4v) is 4.11. The Hall–Kier alpha value is -2.35. The number of allylic oxidation sites excluding steroid dienone is 1. The first-order chi connectivity index (χ1) is 14.5. The number of hydrogen-bond acceptors (Lipinski definition) is 6. The van der Waals surface area contributed by atoms with Gasteiger partial charge in [-0.25, -0.2) is 9.37 Å². The number of benzene rings is 1. The van der Waals surface area contributed by atoms with E-state index in [4.69, 9.17) is 38.7 Å². The van der Waals surface area contributed by atoms with Crippen LogP contribution in [0.15, 0.2) is 35.6 Å². The van der Waals surface area contributed by atoms with Crippen LogP contribution in [0.3, 0.4) is 0 Å². The van der Waals surface area contributed by atoms with Gasteiger partial charge in [0.25, 0.3) is 0 Å². The summed E-state index contributed by atoms with van der Waals surface area (Å²) in [4.78, 5) is 11.4. The second-order valence-electron chi connectivity index (χ2n) is 7.40. The molecule has 0 amide bonds. The molecule has 1 fully saturated rings. The summed E-state index contributed by atoms with van der Waals surface area (Å²) in [6.07, 6.45) is 6.29. The lowest BCUT2D eigenvalue weighted by Gasteiger charge is -2.26. The number of nitrogens with one attached hydrogen (secondary N) is 1. The molecule has 0 radical (unpaired) electrons. The Morgan fingerprint density at radius 1 is 1.37 bits per heavy atom. The van der Waals surface area contributed by atoms with Gasteiger partial charge in [-0.3, -0.25) is 4.99 Å². The summed E-state index contributed by atoms with van der Waals surface area (Å²) in [5, 5.41) is 3.30. The molecule has 3 N–H and O–H groups in total. The van der Waals surface area contributed by atoms with Gasteiger partial charge < -0.3 is 20.7 Å². The molecule has 2 aliphatic rings. The highest BCUT2D eigenvalue weighted by Crippen LogP contribution is 2.42. The summed E-state index contributed by atoms with van der Waals surface area (Å²) in [5.41, 5.74) is 7.69. The van der Waals surface area contributed by atoms with E-state index in [1.54, 1.807) is 12.4 Å². The standard InChI is InChI=1S/C21H22Cl2FN5O/c1-29-6-4-14(5-7-29)26-11-13(9-25)12-8-17-20(27-10-12)28-21(30-17)18-15(22)2-3-16(24)19(18)23/h2-3,8-11,14,21H,4-7,25H2,1H3,(H,27,28)/t21-/m0/s1. The van der Waals surface area contributed by atoms with Crippen LogP contribution in [0.2, 0.25) is 10.0 Å². The Balaban J connectivity index is 1.52. The number of hydrogen-bond donors (Lipinski definition) is 2. The van der Waals surface area contributed by atoms with Gasteiger partial charge >= 0.3 is 0 Å². The number of pyridine rings is 1. The van der Waals surface area contributed by atoms with Gasteiger partial charge in [-0.05, 0) is 51.2 Å². The molecule has 0 saturated carbocycles. The molecule has 3 heterocycles. The zero-order valence-corrected chi connectivity index (χ0v) is 17.9. The van der Waals surface area contributed by atoms with E-state index < -0.39 is 12.0 Å². The molecular formula is C21H22Cl2FN5O. The number of aliphatic imine (C=N–C) groups is 1. The Kier molecular flexibility index (Phi) is 6.13. The maximum Gasteiger partial charge on any atom is 0.200 e. The maximum absolute atomic E-state index is 13.9. The van der Waals surface area contributed by atoms with Gasteiger partial charge in [-0.15, -0.1) is 0 Å². The third kappa shape index (κ3) is 4.24. The smallest absolute Gasteiger partial charge is 0.200 e. The predicted octanol–water partition coefficient (Wildman–Crippen LogP) is 4.50. The molecule has 30 heavy (non-hydrogen) atoms. The first-order valence-corrected chi connectivity index (χ1v) is 10.4. The van der Waals surface area contributed by atoms with Crippen LogP contribution >= 0.6 is 23.2 Å². The Morgan fingerprint density at radius 3 is 2.87 bits per heavy atom. The molecule has 2 aliphatic heterocycles. The highest BCUT2D eigenvalue weighted by atomic mass is 35.5. The SMILES string of the molecule is CN1CCC(N=CC(=CN)c2cnc3c(c2)O[C@@H](c2c(Cl)ccc(F)c2Cl)N3)CC1. The molecule has 158 valence electrons. The van der Waals surface area contributed by atoms with Crippen LogP contribution in [-0.4, -0.2) is 42.3 Å². The number of likely N-dealkylation sites (tertiary alicyclic amines) is 1. The normalized spacial score (nSPS) is 20.3. The average molecular weight is 450 g/mol. The number of fused-ring (bicyclic) bond motifs is 1. The van der Waals surface area contributed by atoms with E-state index in [1.807, 2.05) is 6.07 Å². The number of nitrogens with two attached hydrogens (primary N) is 1. The molecule has 0 spiro atoms. The molecule has 1 atom stereocenters.